The number of para-hydroxylation sites is 1. The minimum Gasteiger partial charge on any atom is -0.424 e. The lowest BCUT2D eigenvalue weighted by Crippen LogP contribution is -2.66. The van der Waals surface area contributed by atoms with Crippen LogP contribution in [0.1, 0.15) is 44.6 Å². The van der Waals surface area contributed by atoms with Gasteiger partial charge in [-0.3, -0.25) is 9.69 Å². The molecule has 5 nitrogen and oxygen atoms in total. The lowest BCUT2D eigenvalue weighted by Gasteiger charge is -2.55. The quantitative estimate of drug-likeness (QED) is 0.610. The average Bonchev–Trinajstić information content (AvgIpc) is 3.09. The summed E-state index contributed by atoms with van der Waals surface area (Å²) in [5.41, 5.74) is 1.57. The van der Waals surface area contributed by atoms with E-state index in [0.29, 0.717) is 11.8 Å². The SMILES string of the molecule is CC(=O)Oc1cccc2c1N[C@@H]1CC[C@@]3(O)CCCN4CC[C@@]21[C@H]43. The number of hydrogen-bond acceptors (Lipinski definition) is 5. The number of rotatable bonds is 1. The number of fused-ring (bicyclic) bond motifs is 1. The maximum atomic E-state index is 11.5. The van der Waals surface area contributed by atoms with E-state index in [0.717, 1.165) is 50.9 Å². The van der Waals surface area contributed by atoms with Crippen LogP contribution in [-0.2, 0) is 10.2 Å². The summed E-state index contributed by atoms with van der Waals surface area (Å²) in [7, 11) is 0. The molecule has 128 valence electrons. The van der Waals surface area contributed by atoms with E-state index in [1.165, 1.54) is 12.5 Å². The van der Waals surface area contributed by atoms with E-state index >= 15 is 0 Å². The van der Waals surface area contributed by atoms with Gasteiger partial charge in [0, 0.05) is 18.4 Å². The number of benzene rings is 1. The Morgan fingerprint density at radius 3 is 3.04 bits per heavy atom. The third-order valence-electron chi connectivity index (χ3n) is 6.82. The molecule has 0 aromatic heterocycles. The molecule has 3 aliphatic heterocycles. The molecule has 3 heterocycles. The van der Waals surface area contributed by atoms with E-state index in [2.05, 4.69) is 16.3 Å². The maximum absolute atomic E-state index is 11.5. The third kappa shape index (κ3) is 1.69. The molecule has 3 fully saturated rings. The van der Waals surface area contributed by atoms with Crippen molar-refractivity contribution in [3.63, 3.8) is 0 Å². The van der Waals surface area contributed by atoms with Crippen molar-refractivity contribution in [1.29, 1.82) is 0 Å². The summed E-state index contributed by atoms with van der Waals surface area (Å²) in [5.74, 6) is 0.335. The Morgan fingerprint density at radius 2 is 2.21 bits per heavy atom. The van der Waals surface area contributed by atoms with Crippen LogP contribution in [0, 0.1) is 0 Å². The van der Waals surface area contributed by atoms with Gasteiger partial charge in [-0.2, -0.15) is 0 Å². The smallest absolute Gasteiger partial charge is 0.308 e. The van der Waals surface area contributed by atoms with Gasteiger partial charge in [0.2, 0.25) is 0 Å². The number of piperidine rings is 1. The number of nitrogens with one attached hydrogen (secondary N) is 1. The zero-order valence-electron chi connectivity index (χ0n) is 14.0. The molecule has 4 aliphatic rings. The molecule has 1 saturated carbocycles. The van der Waals surface area contributed by atoms with Crippen molar-refractivity contribution in [3.05, 3.63) is 23.8 Å². The van der Waals surface area contributed by atoms with Gasteiger partial charge >= 0.3 is 5.97 Å². The van der Waals surface area contributed by atoms with E-state index in [-0.39, 0.29) is 17.4 Å². The van der Waals surface area contributed by atoms with Crippen LogP contribution >= 0.6 is 0 Å². The molecule has 1 spiro atoms. The zero-order chi connectivity index (χ0) is 16.5. The van der Waals surface area contributed by atoms with Crippen molar-refractivity contribution in [2.24, 2.45) is 0 Å². The zero-order valence-corrected chi connectivity index (χ0v) is 14.0. The van der Waals surface area contributed by atoms with Crippen molar-refractivity contribution in [2.45, 2.75) is 62.1 Å². The number of anilines is 1. The van der Waals surface area contributed by atoms with Gasteiger partial charge in [0.15, 0.2) is 5.75 Å². The van der Waals surface area contributed by atoms with Crippen LogP contribution in [0.15, 0.2) is 18.2 Å². The summed E-state index contributed by atoms with van der Waals surface area (Å²) in [4.78, 5) is 14.0. The Bertz CT molecular complexity index is 721. The first-order valence-electron chi connectivity index (χ1n) is 9.09. The highest BCUT2D eigenvalue weighted by molar-refractivity contribution is 5.77. The van der Waals surface area contributed by atoms with E-state index in [1.807, 2.05) is 12.1 Å². The highest BCUT2D eigenvalue weighted by Crippen LogP contribution is 2.61. The normalized spacial score (nSPS) is 39.6. The van der Waals surface area contributed by atoms with E-state index in [9.17, 15) is 9.90 Å². The summed E-state index contributed by atoms with van der Waals surface area (Å²) in [6, 6.07) is 6.51. The Morgan fingerprint density at radius 1 is 1.33 bits per heavy atom. The van der Waals surface area contributed by atoms with Crippen LogP contribution in [0.2, 0.25) is 0 Å². The second kappa shape index (κ2) is 4.73. The lowest BCUT2D eigenvalue weighted by molar-refractivity contribution is -0.131. The third-order valence-corrected chi connectivity index (χ3v) is 6.82. The topological polar surface area (TPSA) is 61.8 Å². The molecular formula is C19H24N2O3. The summed E-state index contributed by atoms with van der Waals surface area (Å²) in [5, 5.41) is 15.1. The van der Waals surface area contributed by atoms with Gasteiger partial charge in [-0.1, -0.05) is 12.1 Å². The lowest BCUT2D eigenvalue weighted by atomic mass is 9.58. The molecular weight excluding hydrogens is 304 g/mol. The van der Waals surface area contributed by atoms with Gasteiger partial charge in [0.1, 0.15) is 0 Å². The molecule has 5 rings (SSSR count). The monoisotopic (exact) mass is 328 g/mol. The number of ether oxygens (including phenoxy) is 1. The molecule has 2 N–H and O–H groups in total. The number of carbonyl (C=O) groups is 1. The number of aliphatic hydroxyl groups is 1. The molecule has 4 atom stereocenters. The molecule has 1 aromatic carbocycles. The molecule has 24 heavy (non-hydrogen) atoms. The summed E-state index contributed by atoms with van der Waals surface area (Å²) >= 11 is 0. The van der Waals surface area contributed by atoms with Crippen molar-refractivity contribution in [3.8, 4) is 5.75 Å². The fourth-order valence-electron chi connectivity index (χ4n) is 6.14. The Balaban J connectivity index is 1.67. The molecule has 0 amide bonds. The first kappa shape index (κ1) is 14.7. The second-order valence-corrected chi connectivity index (χ2v) is 7.94. The molecule has 1 aliphatic carbocycles. The summed E-state index contributed by atoms with van der Waals surface area (Å²) < 4.78 is 5.45. The number of esters is 1. The summed E-state index contributed by atoms with van der Waals surface area (Å²) in [6.07, 6.45) is 4.87. The van der Waals surface area contributed by atoms with Gasteiger partial charge in [-0.25, -0.2) is 0 Å². The predicted octanol–water partition coefficient (Wildman–Crippen LogP) is 2.04. The fraction of sp³-hybridized carbons (Fsp3) is 0.632. The summed E-state index contributed by atoms with van der Waals surface area (Å²) in [6.45, 7) is 3.57. The molecule has 0 radical (unpaired) electrons. The first-order valence-corrected chi connectivity index (χ1v) is 9.09. The predicted molar refractivity (Wildman–Crippen MR) is 90.2 cm³/mol. The maximum Gasteiger partial charge on any atom is 0.308 e. The fourth-order valence-corrected chi connectivity index (χ4v) is 6.14. The first-order chi connectivity index (χ1) is 11.5. The Kier molecular flexibility index (Phi) is 2.90. The molecule has 1 aromatic rings. The van der Waals surface area contributed by atoms with Crippen LogP contribution in [-0.4, -0.2) is 46.7 Å². The minimum absolute atomic E-state index is 0.0566. The van der Waals surface area contributed by atoms with Crippen LogP contribution in [0.4, 0.5) is 5.69 Å². The van der Waals surface area contributed by atoms with E-state index < -0.39 is 5.60 Å². The average molecular weight is 328 g/mol. The Hall–Kier alpha value is -1.59. The van der Waals surface area contributed by atoms with Gasteiger partial charge in [-0.05, 0) is 56.8 Å². The molecule has 2 saturated heterocycles. The van der Waals surface area contributed by atoms with Crippen molar-refractivity contribution in [1.82, 2.24) is 4.90 Å². The molecule has 0 unspecified atom stereocenters. The van der Waals surface area contributed by atoms with Crippen molar-refractivity contribution >= 4 is 11.7 Å². The second-order valence-electron chi connectivity index (χ2n) is 7.94. The van der Waals surface area contributed by atoms with E-state index in [1.54, 1.807) is 0 Å². The van der Waals surface area contributed by atoms with Gasteiger partial charge in [0.05, 0.1) is 17.3 Å². The standard InChI is InChI=1S/C19H24N2O3/c1-12(22)24-14-5-2-4-13-16(14)20-15-6-8-18(23)7-3-10-21-11-9-19(13,15)17(18)21/h2,4-5,15,17,20,23H,3,6-11H2,1H3/t15-,17-,18+,19-/m1/s1. The van der Waals surface area contributed by atoms with Crippen LogP contribution in [0.3, 0.4) is 0 Å². The number of nitrogens with zero attached hydrogens (tertiary/aromatic N) is 1. The van der Waals surface area contributed by atoms with Crippen molar-refractivity contribution < 1.29 is 14.6 Å². The van der Waals surface area contributed by atoms with Crippen LogP contribution in [0.5, 0.6) is 5.75 Å². The van der Waals surface area contributed by atoms with Crippen molar-refractivity contribution in [2.75, 3.05) is 18.4 Å². The number of carbonyl (C=O) groups excluding carboxylic acids is 1. The molecule has 0 bridgehead atoms. The largest absolute Gasteiger partial charge is 0.424 e. The highest BCUT2D eigenvalue weighted by Gasteiger charge is 2.66. The van der Waals surface area contributed by atoms with Crippen LogP contribution in [0.25, 0.3) is 0 Å². The molecule has 5 heteroatoms. The number of hydrogen-bond donors (Lipinski definition) is 2. The van der Waals surface area contributed by atoms with Crippen LogP contribution < -0.4 is 10.1 Å². The van der Waals surface area contributed by atoms with Gasteiger partial charge in [0.25, 0.3) is 0 Å². The highest BCUT2D eigenvalue weighted by atomic mass is 16.5. The van der Waals surface area contributed by atoms with E-state index in [4.69, 9.17) is 4.74 Å². The minimum atomic E-state index is -0.577. The Labute approximate surface area is 142 Å². The van der Waals surface area contributed by atoms with Gasteiger partial charge < -0.3 is 15.2 Å². The van der Waals surface area contributed by atoms with Gasteiger partial charge in [-0.15, -0.1) is 0 Å².